The molecule has 1 amide bonds. The lowest BCUT2D eigenvalue weighted by atomic mass is 10.1. The normalized spacial score (nSPS) is 10.2. The van der Waals surface area contributed by atoms with Gasteiger partial charge in [0.05, 0.1) is 16.4 Å². The van der Waals surface area contributed by atoms with Gasteiger partial charge in [0.1, 0.15) is 0 Å². The van der Waals surface area contributed by atoms with Crippen molar-refractivity contribution in [1.29, 1.82) is 0 Å². The highest BCUT2D eigenvalue weighted by molar-refractivity contribution is 9.10. The van der Waals surface area contributed by atoms with Crippen molar-refractivity contribution in [2.75, 3.05) is 11.1 Å². The number of hydrogen-bond acceptors (Lipinski definition) is 3. The average Bonchev–Trinajstić information content (AvgIpc) is 2.36. The molecule has 0 aliphatic carbocycles. The smallest absolute Gasteiger partial charge is 0.248 e. The number of amides is 1. The zero-order valence-corrected chi connectivity index (χ0v) is 12.1. The average molecular weight is 341 g/mol. The highest BCUT2D eigenvalue weighted by atomic mass is 79.9. The van der Waals surface area contributed by atoms with Gasteiger partial charge in [-0.2, -0.15) is 0 Å². The van der Waals surface area contributed by atoms with Crippen LogP contribution in [0.25, 0.3) is 0 Å². The third kappa shape index (κ3) is 3.19. The molecule has 2 aromatic rings. The van der Waals surface area contributed by atoms with Gasteiger partial charge in [-0.05, 0) is 52.3 Å². The summed E-state index contributed by atoms with van der Waals surface area (Å²) in [7, 11) is 0. The van der Waals surface area contributed by atoms with Gasteiger partial charge in [-0.3, -0.25) is 4.79 Å². The van der Waals surface area contributed by atoms with Crippen LogP contribution in [0.15, 0.2) is 40.9 Å². The summed E-state index contributed by atoms with van der Waals surface area (Å²) >= 11 is 9.26. The summed E-state index contributed by atoms with van der Waals surface area (Å²) in [6, 6.07) is 10.2. The third-order valence-corrected chi connectivity index (χ3v) is 3.75. The van der Waals surface area contributed by atoms with Crippen molar-refractivity contribution in [2.45, 2.75) is 0 Å². The summed E-state index contributed by atoms with van der Waals surface area (Å²) in [6.45, 7) is 0. The van der Waals surface area contributed by atoms with Crippen molar-refractivity contribution < 1.29 is 4.79 Å². The number of carbonyl (C=O) groups excluding carboxylic acids is 1. The lowest BCUT2D eigenvalue weighted by Crippen LogP contribution is -2.11. The topological polar surface area (TPSA) is 81.1 Å². The Bertz CT molecular complexity index is 646. The minimum absolute atomic E-state index is 0.393. The van der Waals surface area contributed by atoms with Crippen LogP contribution in [-0.4, -0.2) is 5.91 Å². The van der Waals surface area contributed by atoms with Crippen molar-refractivity contribution in [3.63, 3.8) is 0 Å². The van der Waals surface area contributed by atoms with Gasteiger partial charge in [-0.15, -0.1) is 0 Å². The first-order valence-corrected chi connectivity index (χ1v) is 6.56. The van der Waals surface area contributed by atoms with Crippen molar-refractivity contribution in [1.82, 2.24) is 0 Å². The Hall–Kier alpha value is -1.72. The van der Waals surface area contributed by atoms with Crippen LogP contribution >= 0.6 is 27.5 Å². The van der Waals surface area contributed by atoms with E-state index < -0.39 is 5.91 Å². The van der Waals surface area contributed by atoms with Gasteiger partial charge in [-0.25, -0.2) is 0 Å². The molecule has 0 fully saturated rings. The van der Waals surface area contributed by atoms with Gasteiger partial charge >= 0.3 is 0 Å². The first kappa shape index (κ1) is 13.7. The molecule has 4 nitrogen and oxygen atoms in total. The van der Waals surface area contributed by atoms with E-state index in [1.54, 1.807) is 24.3 Å². The van der Waals surface area contributed by atoms with Crippen LogP contribution in [0.3, 0.4) is 0 Å². The largest absolute Gasteiger partial charge is 0.397 e. The van der Waals surface area contributed by atoms with Gasteiger partial charge in [0.15, 0.2) is 0 Å². The SMILES string of the molecule is NC(=O)c1ccc(N)c(Nc2ccc(Cl)c(Br)c2)c1. The van der Waals surface area contributed by atoms with E-state index >= 15 is 0 Å². The minimum atomic E-state index is -0.500. The number of carbonyl (C=O) groups is 1. The van der Waals surface area contributed by atoms with Crippen LogP contribution in [-0.2, 0) is 0 Å². The Labute approximate surface area is 123 Å². The standard InChI is InChI=1S/C13H11BrClN3O/c14-9-6-8(2-3-10(9)15)18-12-5-7(13(17)19)1-4-11(12)16/h1-6,18H,16H2,(H2,17,19). The second-order valence-corrected chi connectivity index (χ2v) is 5.18. The summed E-state index contributed by atoms with van der Waals surface area (Å²) < 4.78 is 0.767. The molecule has 0 aliphatic heterocycles. The Balaban J connectivity index is 2.34. The van der Waals surface area contributed by atoms with E-state index in [1.807, 2.05) is 12.1 Å². The van der Waals surface area contributed by atoms with Crippen molar-refractivity contribution in [3.05, 3.63) is 51.5 Å². The van der Waals surface area contributed by atoms with Crippen LogP contribution in [0.4, 0.5) is 17.1 Å². The third-order valence-electron chi connectivity index (χ3n) is 2.54. The van der Waals surface area contributed by atoms with Crippen LogP contribution in [0.5, 0.6) is 0 Å². The number of nitrogens with two attached hydrogens (primary N) is 2. The second-order valence-electron chi connectivity index (χ2n) is 3.92. The minimum Gasteiger partial charge on any atom is -0.397 e. The van der Waals surface area contributed by atoms with Gasteiger partial charge in [0.2, 0.25) is 5.91 Å². The highest BCUT2D eigenvalue weighted by Crippen LogP contribution is 2.29. The quantitative estimate of drug-likeness (QED) is 0.748. The zero-order valence-electron chi connectivity index (χ0n) is 9.78. The Kier molecular flexibility index (Phi) is 3.97. The summed E-state index contributed by atoms with van der Waals surface area (Å²) in [5, 5.41) is 3.73. The Morgan fingerprint density at radius 1 is 1.21 bits per heavy atom. The number of primary amides is 1. The first-order valence-electron chi connectivity index (χ1n) is 5.39. The Morgan fingerprint density at radius 2 is 1.95 bits per heavy atom. The number of benzene rings is 2. The van der Waals surface area contributed by atoms with E-state index in [4.69, 9.17) is 23.1 Å². The van der Waals surface area contributed by atoms with E-state index in [2.05, 4.69) is 21.2 Å². The summed E-state index contributed by atoms with van der Waals surface area (Å²) in [5.74, 6) is -0.500. The molecule has 0 unspecified atom stereocenters. The van der Waals surface area contributed by atoms with Crippen LogP contribution in [0.2, 0.25) is 5.02 Å². The van der Waals surface area contributed by atoms with Gasteiger partial charge in [-0.1, -0.05) is 11.6 Å². The molecule has 2 rings (SSSR count). The molecule has 2 aromatic carbocycles. The number of halogens is 2. The van der Waals surface area contributed by atoms with E-state index in [1.165, 1.54) is 0 Å². The fourth-order valence-electron chi connectivity index (χ4n) is 1.55. The van der Waals surface area contributed by atoms with Crippen LogP contribution < -0.4 is 16.8 Å². The maximum Gasteiger partial charge on any atom is 0.248 e. The van der Waals surface area contributed by atoms with Crippen molar-refractivity contribution >= 4 is 50.5 Å². The maximum atomic E-state index is 11.1. The summed E-state index contributed by atoms with van der Waals surface area (Å²) in [6.07, 6.45) is 0. The molecule has 0 saturated carbocycles. The molecule has 19 heavy (non-hydrogen) atoms. The lowest BCUT2D eigenvalue weighted by Gasteiger charge is -2.11. The van der Waals surface area contributed by atoms with Gasteiger partial charge < -0.3 is 16.8 Å². The van der Waals surface area contributed by atoms with Crippen molar-refractivity contribution in [3.8, 4) is 0 Å². The molecule has 98 valence electrons. The molecular formula is C13H11BrClN3O. The fourth-order valence-corrected chi connectivity index (χ4v) is 2.04. The summed E-state index contributed by atoms with van der Waals surface area (Å²) in [5.41, 5.74) is 13.4. The predicted molar refractivity (Wildman–Crippen MR) is 81.8 cm³/mol. The van der Waals surface area contributed by atoms with Gasteiger partial charge in [0.25, 0.3) is 0 Å². The van der Waals surface area contributed by atoms with E-state index in [0.717, 1.165) is 10.2 Å². The van der Waals surface area contributed by atoms with Crippen molar-refractivity contribution in [2.24, 2.45) is 5.73 Å². The molecular weight excluding hydrogens is 330 g/mol. The Morgan fingerprint density at radius 3 is 2.58 bits per heavy atom. The highest BCUT2D eigenvalue weighted by Gasteiger charge is 2.06. The van der Waals surface area contributed by atoms with Crippen LogP contribution in [0.1, 0.15) is 10.4 Å². The lowest BCUT2D eigenvalue weighted by molar-refractivity contribution is 0.100. The number of anilines is 3. The second kappa shape index (κ2) is 5.50. The molecule has 6 heteroatoms. The molecule has 0 heterocycles. The molecule has 0 bridgehead atoms. The molecule has 0 spiro atoms. The zero-order chi connectivity index (χ0) is 14.0. The number of rotatable bonds is 3. The summed E-state index contributed by atoms with van der Waals surface area (Å²) in [4.78, 5) is 11.1. The molecule has 0 aliphatic rings. The molecule has 5 N–H and O–H groups in total. The maximum absolute atomic E-state index is 11.1. The van der Waals surface area contributed by atoms with Crippen LogP contribution in [0, 0.1) is 0 Å². The van der Waals surface area contributed by atoms with E-state index in [9.17, 15) is 4.79 Å². The fraction of sp³-hybridized carbons (Fsp3) is 0. The van der Waals surface area contributed by atoms with E-state index in [0.29, 0.717) is 22.0 Å². The number of hydrogen-bond donors (Lipinski definition) is 3. The monoisotopic (exact) mass is 339 g/mol. The molecule has 0 atom stereocenters. The molecule has 0 aromatic heterocycles. The molecule has 0 radical (unpaired) electrons. The predicted octanol–water partition coefficient (Wildman–Crippen LogP) is 3.53. The molecule has 0 saturated heterocycles. The first-order chi connectivity index (χ1) is 8.97. The number of nitrogens with one attached hydrogen (secondary N) is 1. The van der Waals surface area contributed by atoms with E-state index in [-0.39, 0.29) is 0 Å². The van der Waals surface area contributed by atoms with Gasteiger partial charge in [0, 0.05) is 15.7 Å². The number of nitrogen functional groups attached to an aromatic ring is 1.